The molecule has 0 spiro atoms. The van der Waals surface area contributed by atoms with E-state index in [9.17, 15) is 9.18 Å². The van der Waals surface area contributed by atoms with Crippen LogP contribution in [0.25, 0.3) is 0 Å². The topological polar surface area (TPSA) is 55.1 Å². The second-order valence-corrected chi connectivity index (χ2v) is 5.01. The summed E-state index contributed by atoms with van der Waals surface area (Å²) in [5, 5.41) is 2.75. The number of amides is 1. The number of hydrogen-bond acceptors (Lipinski definition) is 2. The molecule has 0 radical (unpaired) electrons. The molecule has 0 aromatic heterocycles. The minimum absolute atomic E-state index is 0.254. The first kappa shape index (κ1) is 13.5. The molecule has 2 rings (SSSR count). The lowest BCUT2D eigenvalue weighted by Crippen LogP contribution is -2.13. The Kier molecular flexibility index (Phi) is 3.85. The third kappa shape index (κ3) is 3.12. The van der Waals surface area contributed by atoms with E-state index in [1.807, 2.05) is 13.0 Å². The van der Waals surface area contributed by atoms with Crippen molar-refractivity contribution in [2.24, 2.45) is 0 Å². The van der Waals surface area contributed by atoms with Crippen LogP contribution in [0.3, 0.4) is 0 Å². The standard InChI is InChI=1S/C14H12BrFN2O/c1-8-2-4-10(17)7-13(8)18-14(19)9-3-5-12(16)11(15)6-9/h2-7H,17H2,1H3,(H,18,19). The van der Waals surface area contributed by atoms with Crippen molar-refractivity contribution in [2.75, 3.05) is 11.1 Å². The van der Waals surface area contributed by atoms with E-state index in [1.54, 1.807) is 12.1 Å². The van der Waals surface area contributed by atoms with E-state index in [2.05, 4.69) is 21.2 Å². The molecule has 3 N–H and O–H groups in total. The van der Waals surface area contributed by atoms with Crippen molar-refractivity contribution in [3.8, 4) is 0 Å². The van der Waals surface area contributed by atoms with Crippen LogP contribution in [0, 0.1) is 12.7 Å². The van der Waals surface area contributed by atoms with E-state index in [1.165, 1.54) is 18.2 Å². The van der Waals surface area contributed by atoms with Gasteiger partial charge in [-0.25, -0.2) is 4.39 Å². The van der Waals surface area contributed by atoms with Crippen LogP contribution in [-0.2, 0) is 0 Å². The molecule has 0 saturated carbocycles. The molecule has 0 saturated heterocycles. The van der Waals surface area contributed by atoms with E-state index >= 15 is 0 Å². The van der Waals surface area contributed by atoms with Gasteiger partial charge in [-0.2, -0.15) is 0 Å². The Hall–Kier alpha value is -1.88. The number of anilines is 2. The van der Waals surface area contributed by atoms with E-state index in [-0.39, 0.29) is 10.4 Å². The van der Waals surface area contributed by atoms with Gasteiger partial charge in [0.2, 0.25) is 0 Å². The molecule has 0 aliphatic carbocycles. The zero-order chi connectivity index (χ0) is 14.0. The molecule has 0 unspecified atom stereocenters. The second kappa shape index (κ2) is 5.40. The van der Waals surface area contributed by atoms with Gasteiger partial charge in [-0.15, -0.1) is 0 Å². The largest absolute Gasteiger partial charge is 0.399 e. The lowest BCUT2D eigenvalue weighted by Gasteiger charge is -2.09. The fraction of sp³-hybridized carbons (Fsp3) is 0.0714. The molecule has 5 heteroatoms. The van der Waals surface area contributed by atoms with Gasteiger partial charge in [-0.05, 0) is 58.7 Å². The van der Waals surface area contributed by atoms with Crippen molar-refractivity contribution in [3.05, 3.63) is 57.8 Å². The first-order valence-corrected chi connectivity index (χ1v) is 6.39. The summed E-state index contributed by atoms with van der Waals surface area (Å²) in [6.45, 7) is 1.87. The number of halogens is 2. The Balaban J connectivity index is 2.25. The van der Waals surface area contributed by atoms with Gasteiger partial charge in [0.05, 0.1) is 4.47 Å². The minimum Gasteiger partial charge on any atom is -0.399 e. The van der Waals surface area contributed by atoms with Crippen LogP contribution < -0.4 is 11.1 Å². The smallest absolute Gasteiger partial charge is 0.255 e. The third-order valence-corrected chi connectivity index (χ3v) is 3.30. The zero-order valence-corrected chi connectivity index (χ0v) is 11.8. The van der Waals surface area contributed by atoms with Gasteiger partial charge in [0.25, 0.3) is 5.91 Å². The normalized spacial score (nSPS) is 10.3. The van der Waals surface area contributed by atoms with Crippen molar-refractivity contribution in [3.63, 3.8) is 0 Å². The highest BCUT2D eigenvalue weighted by molar-refractivity contribution is 9.10. The molecular weight excluding hydrogens is 311 g/mol. The summed E-state index contributed by atoms with van der Waals surface area (Å²) in [5.74, 6) is -0.717. The maximum Gasteiger partial charge on any atom is 0.255 e. The summed E-state index contributed by atoms with van der Waals surface area (Å²) >= 11 is 3.05. The summed E-state index contributed by atoms with van der Waals surface area (Å²) in [4.78, 5) is 12.0. The third-order valence-electron chi connectivity index (χ3n) is 2.69. The van der Waals surface area contributed by atoms with Crippen LogP contribution in [0.15, 0.2) is 40.9 Å². The lowest BCUT2D eigenvalue weighted by molar-refractivity contribution is 0.102. The Labute approximate surface area is 118 Å². The quantitative estimate of drug-likeness (QED) is 0.828. The Morgan fingerprint density at radius 2 is 2.00 bits per heavy atom. The summed E-state index contributed by atoms with van der Waals surface area (Å²) in [6.07, 6.45) is 0. The molecule has 0 fully saturated rings. The molecule has 2 aromatic rings. The number of nitrogens with two attached hydrogens (primary N) is 1. The number of nitrogens with one attached hydrogen (secondary N) is 1. The first-order valence-electron chi connectivity index (χ1n) is 5.60. The van der Waals surface area contributed by atoms with E-state index < -0.39 is 5.82 Å². The van der Waals surface area contributed by atoms with E-state index in [4.69, 9.17) is 5.73 Å². The van der Waals surface area contributed by atoms with Crippen LogP contribution in [-0.4, -0.2) is 5.91 Å². The Bertz CT molecular complexity index is 643. The number of carbonyl (C=O) groups excluding carboxylic acids is 1. The van der Waals surface area contributed by atoms with Crippen molar-refractivity contribution >= 4 is 33.2 Å². The molecule has 0 bridgehead atoms. The van der Waals surface area contributed by atoms with Crippen molar-refractivity contribution in [1.82, 2.24) is 0 Å². The van der Waals surface area contributed by atoms with Crippen molar-refractivity contribution in [1.29, 1.82) is 0 Å². The fourth-order valence-electron chi connectivity index (χ4n) is 1.61. The van der Waals surface area contributed by atoms with Crippen LogP contribution >= 0.6 is 15.9 Å². The highest BCUT2D eigenvalue weighted by Crippen LogP contribution is 2.21. The number of carbonyl (C=O) groups is 1. The predicted molar refractivity (Wildman–Crippen MR) is 77.6 cm³/mol. The van der Waals surface area contributed by atoms with Crippen LogP contribution in [0.5, 0.6) is 0 Å². The number of hydrogen-bond donors (Lipinski definition) is 2. The maximum atomic E-state index is 13.1. The van der Waals surface area contributed by atoms with Gasteiger partial charge in [-0.3, -0.25) is 4.79 Å². The Morgan fingerprint density at radius 3 is 2.68 bits per heavy atom. The average molecular weight is 323 g/mol. The molecular formula is C14H12BrFN2O. The van der Waals surface area contributed by atoms with Gasteiger partial charge < -0.3 is 11.1 Å². The molecule has 0 atom stereocenters. The maximum absolute atomic E-state index is 13.1. The minimum atomic E-state index is -0.406. The second-order valence-electron chi connectivity index (χ2n) is 4.16. The first-order chi connectivity index (χ1) is 8.97. The van der Waals surface area contributed by atoms with Gasteiger partial charge in [0, 0.05) is 16.9 Å². The van der Waals surface area contributed by atoms with E-state index in [0.717, 1.165) is 5.56 Å². The van der Waals surface area contributed by atoms with Gasteiger partial charge >= 0.3 is 0 Å². The summed E-state index contributed by atoms with van der Waals surface area (Å²) < 4.78 is 13.4. The molecule has 98 valence electrons. The average Bonchev–Trinajstić information content (AvgIpc) is 2.37. The number of aryl methyl sites for hydroxylation is 1. The van der Waals surface area contributed by atoms with Gasteiger partial charge in [0.15, 0.2) is 0 Å². The summed E-state index contributed by atoms with van der Waals surface area (Å²) in [5.41, 5.74) is 8.17. The molecule has 0 aliphatic rings. The molecule has 3 nitrogen and oxygen atoms in total. The summed E-state index contributed by atoms with van der Waals surface area (Å²) in [6, 6.07) is 9.38. The van der Waals surface area contributed by atoms with E-state index in [0.29, 0.717) is 16.9 Å². The molecule has 19 heavy (non-hydrogen) atoms. The zero-order valence-electron chi connectivity index (χ0n) is 10.2. The summed E-state index contributed by atoms with van der Waals surface area (Å²) in [7, 11) is 0. The SMILES string of the molecule is Cc1ccc(N)cc1NC(=O)c1ccc(F)c(Br)c1. The molecule has 2 aromatic carbocycles. The van der Waals surface area contributed by atoms with Gasteiger partial charge in [-0.1, -0.05) is 6.07 Å². The molecule has 0 aliphatic heterocycles. The van der Waals surface area contributed by atoms with Crippen LogP contribution in [0.2, 0.25) is 0 Å². The van der Waals surface area contributed by atoms with Crippen molar-refractivity contribution in [2.45, 2.75) is 6.92 Å². The molecule has 1 amide bonds. The molecule has 0 heterocycles. The van der Waals surface area contributed by atoms with Crippen LogP contribution in [0.4, 0.5) is 15.8 Å². The number of benzene rings is 2. The highest BCUT2D eigenvalue weighted by atomic mass is 79.9. The monoisotopic (exact) mass is 322 g/mol. The fourth-order valence-corrected chi connectivity index (χ4v) is 1.98. The highest BCUT2D eigenvalue weighted by Gasteiger charge is 2.10. The number of rotatable bonds is 2. The van der Waals surface area contributed by atoms with Gasteiger partial charge in [0.1, 0.15) is 5.82 Å². The lowest BCUT2D eigenvalue weighted by atomic mass is 10.1. The predicted octanol–water partition coefficient (Wildman–Crippen LogP) is 3.73. The number of nitrogen functional groups attached to an aromatic ring is 1. The van der Waals surface area contributed by atoms with Crippen molar-refractivity contribution < 1.29 is 9.18 Å². The van der Waals surface area contributed by atoms with Crippen LogP contribution in [0.1, 0.15) is 15.9 Å². The Morgan fingerprint density at radius 1 is 1.26 bits per heavy atom.